The van der Waals surface area contributed by atoms with Crippen molar-refractivity contribution in [2.45, 2.75) is 19.0 Å². The van der Waals surface area contributed by atoms with Crippen LogP contribution >= 0.6 is 11.3 Å². The number of Topliss-reactive ketones (excluding diaryl/α,β-unsaturated/α-hetero) is 1. The third-order valence-electron chi connectivity index (χ3n) is 4.53. The molecule has 0 aliphatic carbocycles. The SMILES string of the molecule is O=C(CCc1cccc(C(F)(F)F)c1)c1csc(-c2c[nH]c3ncccc23)c1. The van der Waals surface area contributed by atoms with Crippen molar-refractivity contribution in [2.75, 3.05) is 0 Å². The first-order valence-electron chi connectivity index (χ1n) is 8.62. The van der Waals surface area contributed by atoms with Crippen molar-refractivity contribution in [3.63, 3.8) is 0 Å². The lowest BCUT2D eigenvalue weighted by Gasteiger charge is -2.08. The maximum atomic E-state index is 12.8. The Labute approximate surface area is 162 Å². The summed E-state index contributed by atoms with van der Waals surface area (Å²) < 4.78 is 38.4. The first kappa shape index (κ1) is 18.4. The second kappa shape index (κ2) is 7.24. The van der Waals surface area contributed by atoms with Crippen LogP contribution in [0.1, 0.15) is 27.9 Å². The molecule has 28 heavy (non-hydrogen) atoms. The molecule has 7 heteroatoms. The van der Waals surface area contributed by atoms with Crippen LogP contribution in [0.5, 0.6) is 0 Å². The number of fused-ring (bicyclic) bond motifs is 1. The average molecular weight is 400 g/mol. The molecule has 1 aromatic carbocycles. The highest BCUT2D eigenvalue weighted by atomic mass is 32.1. The van der Waals surface area contributed by atoms with Crippen LogP contribution in [0, 0.1) is 0 Å². The van der Waals surface area contributed by atoms with Gasteiger partial charge in [0.1, 0.15) is 5.65 Å². The number of hydrogen-bond donors (Lipinski definition) is 1. The van der Waals surface area contributed by atoms with E-state index in [-0.39, 0.29) is 18.6 Å². The van der Waals surface area contributed by atoms with Crippen molar-refractivity contribution >= 4 is 28.2 Å². The Morgan fingerprint density at radius 3 is 2.82 bits per heavy atom. The van der Waals surface area contributed by atoms with Crippen LogP contribution in [0.2, 0.25) is 0 Å². The number of aromatic amines is 1. The molecule has 0 fully saturated rings. The van der Waals surface area contributed by atoms with Crippen LogP contribution in [0.3, 0.4) is 0 Å². The number of alkyl halides is 3. The van der Waals surface area contributed by atoms with Crippen molar-refractivity contribution in [3.05, 3.63) is 76.9 Å². The molecule has 0 unspecified atom stereocenters. The number of nitrogens with zero attached hydrogens (tertiary/aromatic N) is 1. The molecule has 3 aromatic heterocycles. The first-order chi connectivity index (χ1) is 13.4. The summed E-state index contributed by atoms with van der Waals surface area (Å²) in [6.07, 6.45) is -0.380. The van der Waals surface area contributed by atoms with Crippen molar-refractivity contribution in [2.24, 2.45) is 0 Å². The van der Waals surface area contributed by atoms with Gasteiger partial charge in [-0.3, -0.25) is 4.79 Å². The quantitative estimate of drug-likeness (QED) is 0.410. The number of halogens is 3. The molecule has 0 radical (unpaired) electrons. The summed E-state index contributed by atoms with van der Waals surface area (Å²) in [5.74, 6) is -0.0853. The van der Waals surface area contributed by atoms with E-state index in [4.69, 9.17) is 0 Å². The Balaban J connectivity index is 1.48. The summed E-state index contributed by atoms with van der Waals surface area (Å²) in [7, 11) is 0. The monoisotopic (exact) mass is 400 g/mol. The number of aromatic nitrogens is 2. The fraction of sp³-hybridized carbons (Fsp3) is 0.143. The highest BCUT2D eigenvalue weighted by Gasteiger charge is 2.30. The van der Waals surface area contributed by atoms with Gasteiger partial charge in [0, 0.05) is 45.6 Å². The predicted molar refractivity (Wildman–Crippen MR) is 104 cm³/mol. The van der Waals surface area contributed by atoms with Gasteiger partial charge < -0.3 is 4.98 Å². The standard InChI is InChI=1S/C21H15F3N2OS/c22-21(23,24)15-4-1-3-13(9-15)6-7-18(27)14-10-19(28-12-14)17-11-26-20-16(17)5-2-8-25-20/h1-5,8-12H,6-7H2,(H,25,26). The molecule has 0 amide bonds. The molecule has 142 valence electrons. The molecule has 4 aromatic rings. The fourth-order valence-electron chi connectivity index (χ4n) is 3.09. The van der Waals surface area contributed by atoms with E-state index in [1.54, 1.807) is 17.6 Å². The summed E-state index contributed by atoms with van der Waals surface area (Å²) in [5.41, 5.74) is 2.14. The second-order valence-corrected chi connectivity index (χ2v) is 7.33. The minimum Gasteiger partial charge on any atom is -0.345 e. The Morgan fingerprint density at radius 1 is 1.14 bits per heavy atom. The lowest BCUT2D eigenvalue weighted by atomic mass is 10.0. The minimum absolute atomic E-state index is 0.0853. The van der Waals surface area contributed by atoms with Crippen LogP contribution < -0.4 is 0 Å². The Hall–Kier alpha value is -2.93. The van der Waals surface area contributed by atoms with Gasteiger partial charge in [-0.25, -0.2) is 4.98 Å². The molecule has 0 saturated carbocycles. The Morgan fingerprint density at radius 2 is 2.00 bits per heavy atom. The van der Waals surface area contributed by atoms with Gasteiger partial charge in [0.05, 0.1) is 5.56 Å². The largest absolute Gasteiger partial charge is 0.416 e. The van der Waals surface area contributed by atoms with Gasteiger partial charge >= 0.3 is 6.18 Å². The maximum Gasteiger partial charge on any atom is 0.416 e. The molecule has 0 bridgehead atoms. The van der Waals surface area contributed by atoms with Gasteiger partial charge in [-0.05, 0) is 36.2 Å². The van der Waals surface area contributed by atoms with Gasteiger partial charge in [-0.15, -0.1) is 11.3 Å². The molecule has 4 rings (SSSR count). The average Bonchev–Trinajstić information content (AvgIpc) is 3.32. The zero-order chi connectivity index (χ0) is 19.7. The third-order valence-corrected chi connectivity index (χ3v) is 5.50. The van der Waals surface area contributed by atoms with E-state index in [1.165, 1.54) is 17.4 Å². The zero-order valence-corrected chi connectivity index (χ0v) is 15.4. The molecule has 3 heterocycles. The minimum atomic E-state index is -4.38. The molecule has 0 atom stereocenters. The molecule has 0 aliphatic heterocycles. The molecule has 0 saturated heterocycles. The lowest BCUT2D eigenvalue weighted by molar-refractivity contribution is -0.137. The highest BCUT2D eigenvalue weighted by Crippen LogP contribution is 2.33. The maximum absolute atomic E-state index is 12.8. The Bertz CT molecular complexity index is 1140. The third kappa shape index (κ3) is 3.71. The van der Waals surface area contributed by atoms with E-state index in [0.29, 0.717) is 11.1 Å². The van der Waals surface area contributed by atoms with Crippen molar-refractivity contribution in [1.29, 1.82) is 0 Å². The first-order valence-corrected chi connectivity index (χ1v) is 9.50. The van der Waals surface area contributed by atoms with E-state index >= 15 is 0 Å². The van der Waals surface area contributed by atoms with E-state index in [0.717, 1.165) is 33.6 Å². The highest BCUT2D eigenvalue weighted by molar-refractivity contribution is 7.14. The van der Waals surface area contributed by atoms with E-state index < -0.39 is 11.7 Å². The summed E-state index contributed by atoms with van der Waals surface area (Å²) in [6.45, 7) is 0. The summed E-state index contributed by atoms with van der Waals surface area (Å²) in [6, 6.07) is 10.8. The molecule has 0 spiro atoms. The molecular weight excluding hydrogens is 385 g/mol. The summed E-state index contributed by atoms with van der Waals surface area (Å²) in [5, 5.41) is 2.77. The smallest absolute Gasteiger partial charge is 0.345 e. The normalized spacial score (nSPS) is 11.8. The number of thiophene rings is 1. The van der Waals surface area contributed by atoms with Crippen LogP contribution in [0.15, 0.2) is 60.2 Å². The predicted octanol–water partition coefficient (Wildman–Crippen LogP) is 6.13. The van der Waals surface area contributed by atoms with Gasteiger partial charge in [-0.1, -0.05) is 18.2 Å². The lowest BCUT2D eigenvalue weighted by Crippen LogP contribution is -2.06. The van der Waals surface area contributed by atoms with E-state index in [2.05, 4.69) is 9.97 Å². The molecule has 0 aliphatic rings. The zero-order valence-electron chi connectivity index (χ0n) is 14.6. The summed E-state index contributed by atoms with van der Waals surface area (Å²) in [4.78, 5) is 20.8. The second-order valence-electron chi connectivity index (χ2n) is 6.42. The van der Waals surface area contributed by atoms with Gasteiger partial charge in [0.25, 0.3) is 0 Å². The van der Waals surface area contributed by atoms with E-state index in [1.807, 2.05) is 24.4 Å². The number of hydrogen-bond acceptors (Lipinski definition) is 3. The molecule has 3 nitrogen and oxygen atoms in total. The van der Waals surface area contributed by atoms with Crippen molar-refractivity contribution < 1.29 is 18.0 Å². The van der Waals surface area contributed by atoms with E-state index in [9.17, 15) is 18.0 Å². The number of nitrogens with one attached hydrogen (secondary N) is 1. The van der Waals surface area contributed by atoms with Gasteiger partial charge in [0.2, 0.25) is 0 Å². The summed E-state index contributed by atoms with van der Waals surface area (Å²) >= 11 is 1.46. The fourth-order valence-corrected chi connectivity index (χ4v) is 4.03. The number of carbonyl (C=O) groups is 1. The number of H-pyrrole nitrogens is 1. The topological polar surface area (TPSA) is 45.8 Å². The van der Waals surface area contributed by atoms with Gasteiger partial charge in [-0.2, -0.15) is 13.2 Å². The number of pyridine rings is 1. The number of aryl methyl sites for hydroxylation is 1. The molecular formula is C21H15F3N2OS. The van der Waals surface area contributed by atoms with Gasteiger partial charge in [0.15, 0.2) is 5.78 Å². The number of rotatable bonds is 5. The number of carbonyl (C=O) groups excluding carboxylic acids is 1. The Kier molecular flexibility index (Phi) is 4.77. The van der Waals surface area contributed by atoms with Crippen LogP contribution in [0.4, 0.5) is 13.2 Å². The van der Waals surface area contributed by atoms with Crippen molar-refractivity contribution in [3.8, 4) is 10.4 Å². The van der Waals surface area contributed by atoms with Crippen molar-refractivity contribution in [1.82, 2.24) is 9.97 Å². The molecule has 1 N–H and O–H groups in total. The number of ketones is 1. The van der Waals surface area contributed by atoms with Crippen LogP contribution in [-0.4, -0.2) is 15.8 Å². The van der Waals surface area contributed by atoms with Crippen LogP contribution in [0.25, 0.3) is 21.5 Å². The van der Waals surface area contributed by atoms with Crippen LogP contribution in [-0.2, 0) is 12.6 Å². The number of benzene rings is 1.